The first-order valence-electron chi connectivity index (χ1n) is 6.08. The van der Waals surface area contributed by atoms with Crippen molar-refractivity contribution in [3.05, 3.63) is 44.8 Å². The quantitative estimate of drug-likeness (QED) is 0.841. The van der Waals surface area contributed by atoms with E-state index >= 15 is 0 Å². The molecule has 0 radical (unpaired) electrons. The van der Waals surface area contributed by atoms with Gasteiger partial charge < -0.3 is 5.32 Å². The van der Waals surface area contributed by atoms with Gasteiger partial charge in [0.05, 0.1) is 5.75 Å². The van der Waals surface area contributed by atoms with Crippen LogP contribution in [-0.4, -0.2) is 26.8 Å². The van der Waals surface area contributed by atoms with Crippen LogP contribution in [0.3, 0.4) is 0 Å². The smallest absolute Gasteiger partial charge is 0.273 e. The number of nitrogens with zero attached hydrogens (tertiary/aromatic N) is 2. The van der Waals surface area contributed by atoms with Gasteiger partial charge in [-0.2, -0.15) is 0 Å². The van der Waals surface area contributed by atoms with Crippen molar-refractivity contribution in [3.63, 3.8) is 0 Å². The van der Waals surface area contributed by atoms with Crippen molar-refractivity contribution < 1.29 is 4.79 Å². The molecule has 0 aliphatic rings. The van der Waals surface area contributed by atoms with Gasteiger partial charge in [0, 0.05) is 10.7 Å². The molecule has 0 spiro atoms. The number of hydrogen-bond donors (Lipinski definition) is 2. The molecular formula is C13H13ClN4O2S. The summed E-state index contributed by atoms with van der Waals surface area (Å²) in [5.74, 6) is -0.0795. The molecule has 2 aromatic rings. The fourth-order valence-corrected chi connectivity index (χ4v) is 2.36. The van der Waals surface area contributed by atoms with Gasteiger partial charge in [0.15, 0.2) is 5.16 Å². The second-order valence-electron chi connectivity index (χ2n) is 4.34. The van der Waals surface area contributed by atoms with Crippen LogP contribution < -0.4 is 10.9 Å². The number of rotatable bonds is 4. The Balaban J connectivity index is 1.95. The highest BCUT2D eigenvalue weighted by atomic mass is 35.5. The predicted octanol–water partition coefficient (Wildman–Crippen LogP) is 2.17. The van der Waals surface area contributed by atoms with Crippen LogP contribution in [0.15, 0.2) is 28.2 Å². The summed E-state index contributed by atoms with van der Waals surface area (Å²) in [5.41, 5.74) is 1.57. The summed E-state index contributed by atoms with van der Waals surface area (Å²) < 4.78 is 0. The van der Waals surface area contributed by atoms with E-state index in [1.807, 2.05) is 6.92 Å². The highest BCUT2D eigenvalue weighted by Crippen LogP contribution is 2.20. The van der Waals surface area contributed by atoms with Crippen LogP contribution in [0, 0.1) is 13.8 Å². The Labute approximate surface area is 130 Å². The number of H-pyrrole nitrogens is 1. The molecule has 0 atom stereocenters. The number of thioether (sulfide) groups is 1. The molecule has 1 amide bonds. The second kappa shape index (κ2) is 6.73. The molecule has 21 heavy (non-hydrogen) atoms. The molecule has 0 fully saturated rings. The molecule has 1 aromatic carbocycles. The SMILES string of the molecule is Cc1cc(Cl)ccc1NC(=O)CSc1nnc(C)c(=O)[nH]1. The van der Waals surface area contributed by atoms with Crippen molar-refractivity contribution >= 4 is 35.0 Å². The lowest BCUT2D eigenvalue weighted by Gasteiger charge is -2.08. The van der Waals surface area contributed by atoms with Gasteiger partial charge in [-0.1, -0.05) is 23.4 Å². The zero-order chi connectivity index (χ0) is 15.4. The molecule has 8 heteroatoms. The fourth-order valence-electron chi connectivity index (χ4n) is 1.53. The lowest BCUT2D eigenvalue weighted by Crippen LogP contribution is -2.17. The van der Waals surface area contributed by atoms with Gasteiger partial charge in [0.25, 0.3) is 5.56 Å². The zero-order valence-electron chi connectivity index (χ0n) is 11.4. The number of aromatic amines is 1. The Hall–Kier alpha value is -1.86. The Bertz CT molecular complexity index is 732. The van der Waals surface area contributed by atoms with E-state index in [-0.39, 0.29) is 17.2 Å². The predicted molar refractivity (Wildman–Crippen MR) is 82.9 cm³/mol. The molecule has 110 valence electrons. The minimum absolute atomic E-state index is 0.121. The summed E-state index contributed by atoms with van der Waals surface area (Å²) in [6.45, 7) is 3.42. The summed E-state index contributed by atoms with van der Waals surface area (Å²) in [5, 5.41) is 11.2. The van der Waals surface area contributed by atoms with Crippen molar-refractivity contribution in [3.8, 4) is 0 Å². The molecule has 0 saturated heterocycles. The molecule has 0 saturated carbocycles. The van der Waals surface area contributed by atoms with E-state index in [9.17, 15) is 9.59 Å². The Kier molecular flexibility index (Phi) is 4.98. The minimum Gasteiger partial charge on any atom is -0.325 e. The topological polar surface area (TPSA) is 87.7 Å². The lowest BCUT2D eigenvalue weighted by molar-refractivity contribution is -0.113. The highest BCUT2D eigenvalue weighted by molar-refractivity contribution is 7.99. The van der Waals surface area contributed by atoms with E-state index in [4.69, 9.17) is 11.6 Å². The lowest BCUT2D eigenvalue weighted by atomic mass is 10.2. The minimum atomic E-state index is -0.304. The molecule has 0 aliphatic heterocycles. The van der Waals surface area contributed by atoms with Crippen LogP contribution in [-0.2, 0) is 4.79 Å². The molecule has 0 unspecified atom stereocenters. The zero-order valence-corrected chi connectivity index (χ0v) is 13.0. The van der Waals surface area contributed by atoms with E-state index in [1.54, 1.807) is 25.1 Å². The van der Waals surface area contributed by atoms with Crippen LogP contribution in [0.4, 0.5) is 5.69 Å². The van der Waals surface area contributed by atoms with E-state index in [2.05, 4.69) is 20.5 Å². The van der Waals surface area contributed by atoms with Gasteiger partial charge in [-0.3, -0.25) is 14.6 Å². The standard InChI is InChI=1S/C13H13ClN4O2S/c1-7-5-9(14)3-4-10(7)15-11(19)6-21-13-16-12(20)8(2)17-18-13/h3-5H,6H2,1-2H3,(H,15,19)(H,16,18,20). The van der Waals surface area contributed by atoms with Gasteiger partial charge in [0.1, 0.15) is 5.69 Å². The largest absolute Gasteiger partial charge is 0.325 e. The number of hydrogen-bond acceptors (Lipinski definition) is 5. The van der Waals surface area contributed by atoms with Crippen LogP contribution in [0.25, 0.3) is 0 Å². The summed E-state index contributed by atoms with van der Waals surface area (Å²) in [4.78, 5) is 25.8. The van der Waals surface area contributed by atoms with Crippen molar-refractivity contribution in [1.29, 1.82) is 0 Å². The molecule has 0 bridgehead atoms. The number of amides is 1. The monoisotopic (exact) mass is 324 g/mol. The molecule has 1 heterocycles. The third kappa shape index (κ3) is 4.30. The van der Waals surface area contributed by atoms with E-state index in [0.717, 1.165) is 17.3 Å². The Morgan fingerprint density at radius 3 is 2.81 bits per heavy atom. The van der Waals surface area contributed by atoms with Crippen molar-refractivity contribution in [1.82, 2.24) is 15.2 Å². The fraction of sp³-hybridized carbons (Fsp3) is 0.231. The molecule has 0 aliphatic carbocycles. The number of anilines is 1. The van der Waals surface area contributed by atoms with E-state index in [0.29, 0.717) is 21.6 Å². The average molecular weight is 325 g/mol. The second-order valence-corrected chi connectivity index (χ2v) is 5.74. The number of halogens is 1. The number of aryl methyl sites for hydroxylation is 2. The summed E-state index contributed by atoms with van der Waals surface area (Å²) in [7, 11) is 0. The third-order valence-corrected chi connectivity index (χ3v) is 3.74. The normalized spacial score (nSPS) is 10.4. The van der Waals surface area contributed by atoms with Crippen molar-refractivity contribution in [2.24, 2.45) is 0 Å². The molecule has 6 nitrogen and oxygen atoms in total. The maximum atomic E-state index is 11.9. The number of carbonyl (C=O) groups excluding carboxylic acids is 1. The first kappa shape index (κ1) is 15.5. The summed E-state index contributed by atoms with van der Waals surface area (Å²) in [6.07, 6.45) is 0. The number of aromatic nitrogens is 3. The molecule has 1 aromatic heterocycles. The third-order valence-electron chi connectivity index (χ3n) is 2.64. The van der Waals surface area contributed by atoms with Crippen LogP contribution in [0.2, 0.25) is 5.02 Å². The van der Waals surface area contributed by atoms with Crippen molar-refractivity contribution in [2.45, 2.75) is 19.0 Å². The first-order valence-corrected chi connectivity index (χ1v) is 7.44. The number of nitrogens with one attached hydrogen (secondary N) is 2. The van der Waals surface area contributed by atoms with Crippen LogP contribution >= 0.6 is 23.4 Å². The molecule has 2 N–H and O–H groups in total. The summed E-state index contributed by atoms with van der Waals surface area (Å²) in [6, 6.07) is 5.22. The molecule has 2 rings (SSSR count). The highest BCUT2D eigenvalue weighted by Gasteiger charge is 2.08. The van der Waals surface area contributed by atoms with Gasteiger partial charge in [-0.05, 0) is 37.6 Å². The maximum absolute atomic E-state index is 11.9. The van der Waals surface area contributed by atoms with Crippen LogP contribution in [0.5, 0.6) is 0 Å². The summed E-state index contributed by atoms with van der Waals surface area (Å²) >= 11 is 6.97. The Morgan fingerprint density at radius 1 is 1.38 bits per heavy atom. The average Bonchev–Trinajstić information content (AvgIpc) is 2.43. The maximum Gasteiger partial charge on any atom is 0.273 e. The van der Waals surface area contributed by atoms with Crippen molar-refractivity contribution in [2.75, 3.05) is 11.1 Å². The number of carbonyl (C=O) groups is 1. The number of benzene rings is 1. The van der Waals surface area contributed by atoms with Gasteiger partial charge in [0.2, 0.25) is 5.91 Å². The van der Waals surface area contributed by atoms with Gasteiger partial charge in [-0.15, -0.1) is 10.2 Å². The Morgan fingerprint density at radius 2 is 2.14 bits per heavy atom. The van der Waals surface area contributed by atoms with E-state index < -0.39 is 0 Å². The van der Waals surface area contributed by atoms with Crippen LogP contribution in [0.1, 0.15) is 11.3 Å². The van der Waals surface area contributed by atoms with Gasteiger partial charge >= 0.3 is 0 Å². The van der Waals surface area contributed by atoms with Gasteiger partial charge in [-0.25, -0.2) is 0 Å². The first-order chi connectivity index (χ1) is 9.95. The molecular weight excluding hydrogens is 312 g/mol. The van der Waals surface area contributed by atoms with E-state index in [1.165, 1.54) is 0 Å².